The molecule has 2 aromatic rings. The van der Waals surface area contributed by atoms with Crippen LogP contribution in [0.4, 0.5) is 0 Å². The van der Waals surface area contributed by atoms with Gasteiger partial charge in [-0.05, 0) is 36.8 Å². The minimum absolute atomic E-state index is 0.0852. The summed E-state index contributed by atoms with van der Waals surface area (Å²) in [5.41, 5.74) is 1.70. The minimum atomic E-state index is -0.788. The summed E-state index contributed by atoms with van der Waals surface area (Å²) < 4.78 is 11.2. The van der Waals surface area contributed by atoms with Crippen LogP contribution in [0.3, 0.4) is 0 Å². The zero-order valence-electron chi connectivity index (χ0n) is 23.3. The Balaban J connectivity index is 2.13. The highest BCUT2D eigenvalue weighted by molar-refractivity contribution is 5.86. The Morgan fingerprint density at radius 2 is 1.65 bits per heavy atom. The third-order valence-corrected chi connectivity index (χ3v) is 6.38. The number of carbonyl (C=O) groups is 3. The van der Waals surface area contributed by atoms with Crippen LogP contribution in [0.2, 0.25) is 0 Å². The Morgan fingerprint density at radius 1 is 0.975 bits per heavy atom. The molecule has 8 nitrogen and oxygen atoms in total. The zero-order valence-corrected chi connectivity index (χ0v) is 23.3. The number of aliphatic hydroxyl groups is 1. The van der Waals surface area contributed by atoms with Crippen LogP contribution >= 0.6 is 0 Å². The van der Waals surface area contributed by atoms with Crippen molar-refractivity contribution in [2.75, 3.05) is 20.3 Å². The fourth-order valence-corrected chi connectivity index (χ4v) is 4.36. The molecule has 0 spiro atoms. The summed E-state index contributed by atoms with van der Waals surface area (Å²) in [4.78, 5) is 39.0. The molecule has 0 saturated heterocycles. The van der Waals surface area contributed by atoms with Crippen molar-refractivity contribution in [3.63, 3.8) is 0 Å². The monoisotopic (exact) mass is 550 g/mol. The smallest absolute Gasteiger partial charge is 0.306 e. The van der Waals surface area contributed by atoms with E-state index in [1.165, 1.54) is 7.11 Å². The van der Waals surface area contributed by atoms with Crippen LogP contribution in [0, 0.1) is 5.92 Å². The van der Waals surface area contributed by atoms with E-state index < -0.39 is 24.1 Å². The second-order valence-electron chi connectivity index (χ2n) is 9.63. The van der Waals surface area contributed by atoms with Crippen LogP contribution in [0.15, 0.2) is 86.0 Å². The minimum Gasteiger partial charge on any atom is -0.455 e. The molecule has 2 amide bonds. The lowest BCUT2D eigenvalue weighted by atomic mass is 9.97. The predicted molar refractivity (Wildman–Crippen MR) is 155 cm³/mol. The fraction of sp³-hybridized carbons (Fsp3) is 0.406. The maximum atomic E-state index is 13.4. The van der Waals surface area contributed by atoms with E-state index in [-0.39, 0.29) is 50.3 Å². The second kappa shape index (κ2) is 18.5. The molecule has 0 heterocycles. The maximum absolute atomic E-state index is 13.4. The number of nitrogens with one attached hydrogen (secondary N) is 2. The number of hydrogen-bond donors (Lipinski definition) is 3. The van der Waals surface area contributed by atoms with Gasteiger partial charge in [0.2, 0.25) is 11.8 Å². The van der Waals surface area contributed by atoms with Gasteiger partial charge in [-0.15, -0.1) is 13.2 Å². The number of esters is 1. The first kappa shape index (κ1) is 32.5. The summed E-state index contributed by atoms with van der Waals surface area (Å²) >= 11 is 0. The molecule has 0 unspecified atom stereocenters. The predicted octanol–water partition coefficient (Wildman–Crippen LogP) is 4.06. The molecule has 4 atom stereocenters. The Bertz CT molecular complexity index is 1060. The van der Waals surface area contributed by atoms with Gasteiger partial charge in [0.1, 0.15) is 6.10 Å². The number of allylic oxidation sites excluding steroid dienone is 2. The van der Waals surface area contributed by atoms with E-state index in [0.29, 0.717) is 24.8 Å². The van der Waals surface area contributed by atoms with Crippen molar-refractivity contribution in [3.8, 4) is 0 Å². The van der Waals surface area contributed by atoms with Gasteiger partial charge in [-0.2, -0.15) is 0 Å². The van der Waals surface area contributed by atoms with Crippen molar-refractivity contribution in [1.82, 2.24) is 10.6 Å². The van der Waals surface area contributed by atoms with Gasteiger partial charge < -0.3 is 25.2 Å². The summed E-state index contributed by atoms with van der Waals surface area (Å²) in [6.45, 7) is 7.28. The Labute approximate surface area is 237 Å². The zero-order chi connectivity index (χ0) is 29.2. The van der Waals surface area contributed by atoms with E-state index >= 15 is 0 Å². The van der Waals surface area contributed by atoms with Gasteiger partial charge >= 0.3 is 5.97 Å². The Kier molecular flexibility index (Phi) is 15.0. The summed E-state index contributed by atoms with van der Waals surface area (Å²) in [5.74, 6) is -1.84. The Morgan fingerprint density at radius 3 is 2.25 bits per heavy atom. The number of rotatable bonds is 19. The van der Waals surface area contributed by atoms with Gasteiger partial charge in [0.05, 0.1) is 31.2 Å². The number of methoxy groups -OCH3 is 1. The van der Waals surface area contributed by atoms with Gasteiger partial charge in [0, 0.05) is 20.0 Å². The molecule has 0 aliphatic carbocycles. The van der Waals surface area contributed by atoms with Crippen LogP contribution in [0.25, 0.3) is 0 Å². The van der Waals surface area contributed by atoms with Gasteiger partial charge in [0.25, 0.3) is 0 Å². The third kappa shape index (κ3) is 11.6. The summed E-state index contributed by atoms with van der Waals surface area (Å²) in [6.07, 6.45) is 4.70. The number of ether oxygens (including phenoxy) is 2. The molecule has 8 heteroatoms. The quantitative estimate of drug-likeness (QED) is 0.138. The molecule has 0 radical (unpaired) electrons. The summed E-state index contributed by atoms with van der Waals surface area (Å²) in [7, 11) is 1.50. The van der Waals surface area contributed by atoms with Crippen molar-refractivity contribution in [2.24, 2.45) is 5.92 Å². The lowest BCUT2D eigenvalue weighted by Crippen LogP contribution is -2.47. The lowest BCUT2D eigenvalue weighted by Gasteiger charge is -2.29. The van der Waals surface area contributed by atoms with Crippen molar-refractivity contribution in [1.29, 1.82) is 0 Å². The van der Waals surface area contributed by atoms with Gasteiger partial charge in [0.15, 0.2) is 0 Å². The number of unbranched alkanes of at least 4 members (excludes halogenated alkanes) is 1. The molecule has 0 aromatic heterocycles. The van der Waals surface area contributed by atoms with Crippen LogP contribution in [-0.2, 0) is 30.3 Å². The fourth-order valence-electron chi connectivity index (χ4n) is 4.36. The van der Waals surface area contributed by atoms with Crippen molar-refractivity contribution in [2.45, 2.75) is 56.7 Å². The molecule has 0 aliphatic heterocycles. The average molecular weight is 551 g/mol. The molecule has 2 rings (SSSR count). The molecule has 3 N–H and O–H groups in total. The third-order valence-electron chi connectivity index (χ3n) is 6.38. The molecule has 0 bridgehead atoms. The normalized spacial score (nSPS) is 13.8. The van der Waals surface area contributed by atoms with Crippen LogP contribution in [-0.4, -0.2) is 55.3 Å². The molecule has 2 aromatic carbocycles. The standard InChI is InChI=1S/C32H42N2O6/c1-4-6-9-19-30(37)40-31(25-17-12-8-13-18-25)28(23-39-3)34-32(38)26(14-5-2)21-29(36)33-27(22-35)20-24-15-10-7-11-16-24/h4-5,7-8,10-13,15-18,26-28,31,35H,1-2,6,9,14,19-23H2,3H3,(H,33,36)(H,34,38)/t26-,27-,28+,31+/m1/s1. The second-order valence-corrected chi connectivity index (χ2v) is 9.63. The molecule has 40 heavy (non-hydrogen) atoms. The van der Waals surface area contributed by atoms with Crippen LogP contribution in [0.5, 0.6) is 0 Å². The van der Waals surface area contributed by atoms with E-state index in [2.05, 4.69) is 23.8 Å². The van der Waals surface area contributed by atoms with E-state index in [4.69, 9.17) is 9.47 Å². The van der Waals surface area contributed by atoms with E-state index in [1.54, 1.807) is 12.2 Å². The topological polar surface area (TPSA) is 114 Å². The number of benzene rings is 2. The highest BCUT2D eigenvalue weighted by Gasteiger charge is 2.31. The van der Waals surface area contributed by atoms with Gasteiger partial charge in [-0.1, -0.05) is 72.8 Å². The molecule has 0 fully saturated rings. The molecular formula is C32H42N2O6. The number of hydrogen-bond acceptors (Lipinski definition) is 6. The summed E-state index contributed by atoms with van der Waals surface area (Å²) in [5, 5.41) is 15.6. The first-order valence-electron chi connectivity index (χ1n) is 13.6. The van der Waals surface area contributed by atoms with Crippen molar-refractivity contribution < 1.29 is 29.0 Å². The van der Waals surface area contributed by atoms with Crippen LogP contribution in [0.1, 0.15) is 49.3 Å². The highest BCUT2D eigenvalue weighted by Crippen LogP contribution is 2.24. The highest BCUT2D eigenvalue weighted by atomic mass is 16.5. The lowest BCUT2D eigenvalue weighted by molar-refractivity contribution is -0.153. The number of aliphatic hydroxyl groups excluding tert-OH is 1. The van der Waals surface area contributed by atoms with Crippen molar-refractivity contribution >= 4 is 17.8 Å². The SMILES string of the molecule is C=CCCCC(=O)O[C@@H](c1ccccc1)[C@H](COC)NC(=O)[C@H](CC=C)CC(=O)N[C@@H](CO)Cc1ccccc1. The molecule has 0 aliphatic rings. The number of carbonyl (C=O) groups excluding carboxylic acids is 3. The first-order valence-corrected chi connectivity index (χ1v) is 13.6. The van der Waals surface area contributed by atoms with E-state index in [1.807, 2.05) is 60.7 Å². The average Bonchev–Trinajstić information content (AvgIpc) is 2.96. The largest absolute Gasteiger partial charge is 0.455 e. The van der Waals surface area contributed by atoms with Crippen molar-refractivity contribution in [3.05, 3.63) is 97.1 Å². The van der Waals surface area contributed by atoms with Gasteiger partial charge in [-0.3, -0.25) is 14.4 Å². The van der Waals surface area contributed by atoms with Crippen LogP contribution < -0.4 is 10.6 Å². The first-order chi connectivity index (χ1) is 19.4. The summed E-state index contributed by atoms with van der Waals surface area (Å²) in [6, 6.07) is 17.5. The maximum Gasteiger partial charge on any atom is 0.306 e. The molecular weight excluding hydrogens is 508 g/mol. The van der Waals surface area contributed by atoms with E-state index in [9.17, 15) is 19.5 Å². The Hall–Kier alpha value is -3.75. The number of amides is 2. The molecule has 216 valence electrons. The van der Waals surface area contributed by atoms with E-state index in [0.717, 1.165) is 5.56 Å². The molecule has 0 saturated carbocycles. The van der Waals surface area contributed by atoms with Gasteiger partial charge in [-0.25, -0.2) is 0 Å².